The second-order valence-electron chi connectivity index (χ2n) is 7.57. The molecule has 0 aromatic heterocycles. The molecule has 1 fully saturated rings. The lowest BCUT2D eigenvalue weighted by atomic mass is 9.88. The molecule has 0 saturated heterocycles. The summed E-state index contributed by atoms with van der Waals surface area (Å²) in [6.45, 7) is 5.24. The molecule has 4 nitrogen and oxygen atoms in total. The molecule has 29 heavy (non-hydrogen) atoms. The number of halogens is 5. The number of rotatable bonds is 7. The van der Waals surface area contributed by atoms with E-state index in [1.54, 1.807) is 0 Å². The lowest BCUT2D eigenvalue weighted by Gasteiger charge is -2.17. The van der Waals surface area contributed by atoms with E-state index in [0.717, 1.165) is 13.0 Å². The van der Waals surface area contributed by atoms with Crippen LogP contribution in [0.3, 0.4) is 0 Å². The largest absolute Gasteiger partial charge is 0.481 e. The molecule has 0 spiro atoms. The van der Waals surface area contributed by atoms with Crippen molar-refractivity contribution < 1.29 is 41.4 Å². The fraction of sp³-hybridized carbons (Fsp3) is 0.500. The van der Waals surface area contributed by atoms with Crippen molar-refractivity contribution in [1.29, 1.82) is 0 Å². The van der Waals surface area contributed by atoms with E-state index in [9.17, 15) is 36.6 Å². The van der Waals surface area contributed by atoms with E-state index in [0.29, 0.717) is 0 Å². The number of benzene rings is 1. The van der Waals surface area contributed by atoms with Crippen molar-refractivity contribution >= 4 is 11.9 Å². The molecule has 0 bridgehead atoms. The Bertz CT molecular complexity index is 864. The van der Waals surface area contributed by atoms with Gasteiger partial charge >= 0.3 is 11.9 Å². The van der Waals surface area contributed by atoms with Crippen LogP contribution in [0.2, 0.25) is 0 Å². The molecular weight excluding hydrogens is 399 g/mol. The van der Waals surface area contributed by atoms with Gasteiger partial charge in [0.2, 0.25) is 5.83 Å². The summed E-state index contributed by atoms with van der Waals surface area (Å²) in [6.07, 6.45) is -0.246. The van der Waals surface area contributed by atoms with Crippen LogP contribution >= 0.6 is 0 Å². The zero-order valence-corrected chi connectivity index (χ0v) is 16.3. The third-order valence-corrected chi connectivity index (χ3v) is 5.88. The SMILES string of the molecule is CCOC(=O)C(F)=C[C@@H]1C(C)(C)[C@]1(CCc1c(F)c(F)c(C)c(F)c1F)C(=O)O. The normalized spacial score (nSPS) is 23.1. The minimum atomic E-state index is -1.69. The van der Waals surface area contributed by atoms with Gasteiger partial charge in [0.25, 0.3) is 0 Å². The Hall–Kier alpha value is -2.45. The van der Waals surface area contributed by atoms with Crippen LogP contribution in [-0.4, -0.2) is 23.7 Å². The highest BCUT2D eigenvalue weighted by molar-refractivity contribution is 5.87. The average molecular weight is 420 g/mol. The number of carbonyl (C=O) groups excluding carboxylic acids is 1. The van der Waals surface area contributed by atoms with Crippen LogP contribution in [0, 0.1) is 46.9 Å². The second kappa shape index (κ2) is 7.76. The number of esters is 1. The van der Waals surface area contributed by atoms with Crippen molar-refractivity contribution in [1.82, 2.24) is 0 Å². The highest BCUT2D eigenvalue weighted by Gasteiger charge is 2.74. The van der Waals surface area contributed by atoms with Crippen molar-refractivity contribution in [3.05, 3.63) is 46.3 Å². The summed E-state index contributed by atoms with van der Waals surface area (Å²) in [5, 5.41) is 9.73. The fourth-order valence-corrected chi connectivity index (χ4v) is 3.98. The van der Waals surface area contributed by atoms with Gasteiger partial charge < -0.3 is 9.84 Å². The van der Waals surface area contributed by atoms with Crippen LogP contribution in [-0.2, 0) is 20.7 Å². The number of aliphatic carboxylic acids is 1. The van der Waals surface area contributed by atoms with Crippen molar-refractivity contribution in [3.63, 3.8) is 0 Å². The summed E-state index contributed by atoms with van der Waals surface area (Å²) < 4.78 is 74.4. The molecule has 0 heterocycles. The van der Waals surface area contributed by atoms with Gasteiger partial charge in [-0.2, -0.15) is 4.39 Å². The second-order valence-corrected chi connectivity index (χ2v) is 7.57. The molecular formula is C20H21F5O4. The first-order valence-electron chi connectivity index (χ1n) is 8.93. The summed E-state index contributed by atoms with van der Waals surface area (Å²) in [5.41, 5.74) is -4.51. The number of carbonyl (C=O) groups is 2. The highest BCUT2D eigenvalue weighted by atomic mass is 19.2. The van der Waals surface area contributed by atoms with Gasteiger partial charge in [-0.15, -0.1) is 0 Å². The third-order valence-electron chi connectivity index (χ3n) is 5.88. The van der Waals surface area contributed by atoms with Crippen LogP contribution in [0.1, 0.15) is 38.3 Å². The quantitative estimate of drug-likeness (QED) is 0.302. The number of hydrogen-bond acceptors (Lipinski definition) is 3. The number of carboxylic acids is 1. The maximum atomic E-state index is 14.1. The molecule has 0 aliphatic heterocycles. The van der Waals surface area contributed by atoms with Crippen molar-refractivity contribution in [3.8, 4) is 0 Å². The molecule has 1 aromatic rings. The van der Waals surface area contributed by atoms with Gasteiger partial charge in [0, 0.05) is 17.0 Å². The first kappa shape index (κ1) is 22.8. The van der Waals surface area contributed by atoms with Gasteiger partial charge in [0.1, 0.15) is 0 Å². The van der Waals surface area contributed by atoms with E-state index in [4.69, 9.17) is 0 Å². The lowest BCUT2D eigenvalue weighted by Crippen LogP contribution is -2.23. The van der Waals surface area contributed by atoms with Crippen LogP contribution in [0.5, 0.6) is 0 Å². The molecule has 1 aromatic carbocycles. The Balaban J connectivity index is 2.38. The average Bonchev–Trinajstić information content (AvgIpc) is 3.13. The van der Waals surface area contributed by atoms with Crippen molar-refractivity contribution in [2.24, 2.45) is 16.7 Å². The molecule has 1 saturated carbocycles. The Morgan fingerprint density at radius 1 is 1.10 bits per heavy atom. The van der Waals surface area contributed by atoms with Gasteiger partial charge in [-0.25, -0.2) is 22.4 Å². The van der Waals surface area contributed by atoms with E-state index in [1.807, 2.05) is 0 Å². The summed E-state index contributed by atoms with van der Waals surface area (Å²) in [4.78, 5) is 23.4. The van der Waals surface area contributed by atoms with E-state index >= 15 is 0 Å². The molecule has 1 N–H and O–H groups in total. The first-order valence-corrected chi connectivity index (χ1v) is 8.93. The minimum Gasteiger partial charge on any atom is -0.481 e. The molecule has 1 aliphatic rings. The van der Waals surface area contributed by atoms with E-state index in [1.165, 1.54) is 20.8 Å². The summed E-state index contributed by atoms with van der Waals surface area (Å²) >= 11 is 0. The number of carboxylic acid groups (broad SMARTS) is 1. The molecule has 0 amide bonds. The van der Waals surface area contributed by atoms with Crippen LogP contribution < -0.4 is 0 Å². The molecule has 9 heteroatoms. The standard InChI is InChI=1S/C20H21F5O4/c1-5-29-17(26)11(21)8-12-19(3,4)20(12,18(27)28)7-6-10-15(24)13(22)9(2)14(23)16(10)25/h8,12H,5-7H2,1-4H3,(H,27,28)/t12-,20+/m1/s1. The summed E-state index contributed by atoms with van der Waals surface area (Å²) in [7, 11) is 0. The predicted octanol–water partition coefficient (Wildman–Crippen LogP) is 4.63. The van der Waals surface area contributed by atoms with Gasteiger partial charge in [-0.1, -0.05) is 13.8 Å². The van der Waals surface area contributed by atoms with Gasteiger partial charge in [0.05, 0.1) is 12.0 Å². The highest BCUT2D eigenvalue weighted by Crippen LogP contribution is 2.72. The lowest BCUT2D eigenvalue weighted by molar-refractivity contribution is -0.145. The Morgan fingerprint density at radius 3 is 2.07 bits per heavy atom. The van der Waals surface area contributed by atoms with Crippen molar-refractivity contribution in [2.45, 2.75) is 40.5 Å². The Kier molecular flexibility index (Phi) is 6.11. The van der Waals surface area contributed by atoms with E-state index in [-0.39, 0.29) is 6.61 Å². The predicted molar refractivity (Wildman–Crippen MR) is 92.5 cm³/mol. The monoisotopic (exact) mass is 420 g/mol. The third kappa shape index (κ3) is 3.51. The summed E-state index contributed by atoms with van der Waals surface area (Å²) in [5.74, 6) is -11.2. The van der Waals surface area contributed by atoms with Gasteiger partial charge in [0.15, 0.2) is 23.3 Å². The minimum absolute atomic E-state index is 0.0820. The molecule has 0 unspecified atom stereocenters. The van der Waals surface area contributed by atoms with E-state index < -0.39 is 81.8 Å². The summed E-state index contributed by atoms with van der Waals surface area (Å²) in [6, 6.07) is 0. The van der Waals surface area contributed by atoms with Crippen LogP contribution in [0.4, 0.5) is 22.0 Å². The molecule has 2 atom stereocenters. The smallest absolute Gasteiger partial charge is 0.366 e. The number of allylic oxidation sites excluding steroid dienone is 1. The molecule has 0 radical (unpaired) electrons. The van der Waals surface area contributed by atoms with Gasteiger partial charge in [-0.05, 0) is 38.2 Å². The molecule has 160 valence electrons. The van der Waals surface area contributed by atoms with Gasteiger partial charge in [-0.3, -0.25) is 4.79 Å². The zero-order chi connectivity index (χ0) is 22.3. The fourth-order valence-electron chi connectivity index (χ4n) is 3.98. The maximum Gasteiger partial charge on any atom is 0.366 e. The maximum absolute atomic E-state index is 14.1. The van der Waals surface area contributed by atoms with Crippen LogP contribution in [0.15, 0.2) is 11.9 Å². The topological polar surface area (TPSA) is 63.6 Å². The first-order chi connectivity index (χ1) is 13.3. The van der Waals surface area contributed by atoms with E-state index in [2.05, 4.69) is 4.74 Å². The molecule has 1 aliphatic carbocycles. The van der Waals surface area contributed by atoms with Crippen LogP contribution in [0.25, 0.3) is 0 Å². The Labute approximate surface area is 164 Å². The number of ether oxygens (including phenoxy) is 1. The van der Waals surface area contributed by atoms with Crippen molar-refractivity contribution in [2.75, 3.05) is 6.61 Å². The molecule has 2 rings (SSSR count). The number of hydrogen-bond donors (Lipinski definition) is 1. The zero-order valence-electron chi connectivity index (χ0n) is 16.3. The Morgan fingerprint density at radius 2 is 1.62 bits per heavy atom.